The molecular formula is C9H8ClF4NO. The van der Waals surface area contributed by atoms with Crippen LogP contribution in [0.3, 0.4) is 0 Å². The van der Waals surface area contributed by atoms with Crippen LogP contribution in [-0.2, 0) is 6.18 Å². The minimum atomic E-state index is -4.62. The summed E-state index contributed by atoms with van der Waals surface area (Å²) in [5, 5.41) is 0. The number of hydrogen-bond donors (Lipinski definition) is 1. The molecule has 2 N–H and O–H groups in total. The van der Waals surface area contributed by atoms with Crippen molar-refractivity contribution < 1.29 is 22.4 Å². The van der Waals surface area contributed by atoms with Crippen LogP contribution in [0.25, 0.3) is 0 Å². The van der Waals surface area contributed by atoms with Crippen LogP contribution in [0.1, 0.15) is 15.9 Å². The van der Waals surface area contributed by atoms with E-state index >= 15 is 0 Å². The number of Topliss-reactive ketones (excluding diaryl/α,β-unsaturated/α-hetero) is 1. The lowest BCUT2D eigenvalue weighted by atomic mass is 10.1. The number of ketones is 1. The highest BCUT2D eigenvalue weighted by atomic mass is 35.5. The Kier molecular flexibility index (Phi) is 4.89. The van der Waals surface area contributed by atoms with Gasteiger partial charge in [-0.3, -0.25) is 4.79 Å². The van der Waals surface area contributed by atoms with Gasteiger partial charge in [0.25, 0.3) is 0 Å². The lowest BCUT2D eigenvalue weighted by Gasteiger charge is -2.07. The van der Waals surface area contributed by atoms with E-state index in [-0.39, 0.29) is 18.5 Å². The van der Waals surface area contributed by atoms with Gasteiger partial charge in [0, 0.05) is 0 Å². The fourth-order valence-electron chi connectivity index (χ4n) is 1.03. The summed E-state index contributed by atoms with van der Waals surface area (Å²) in [6, 6.07) is 1.71. The van der Waals surface area contributed by atoms with Crippen molar-refractivity contribution in [2.24, 2.45) is 5.73 Å². The maximum atomic E-state index is 13.0. The van der Waals surface area contributed by atoms with Gasteiger partial charge < -0.3 is 5.73 Å². The lowest BCUT2D eigenvalue weighted by Crippen LogP contribution is -2.16. The molecule has 1 rings (SSSR count). The summed E-state index contributed by atoms with van der Waals surface area (Å²) in [5.41, 5.74) is 3.40. The highest BCUT2D eigenvalue weighted by Gasteiger charge is 2.31. The van der Waals surface area contributed by atoms with Crippen LogP contribution in [-0.4, -0.2) is 12.3 Å². The summed E-state index contributed by atoms with van der Waals surface area (Å²) in [6.45, 7) is -0.442. The van der Waals surface area contributed by atoms with Crippen LogP contribution < -0.4 is 5.73 Å². The quantitative estimate of drug-likeness (QED) is 0.653. The highest BCUT2D eigenvalue weighted by Crippen LogP contribution is 2.30. The Morgan fingerprint density at radius 1 is 1.31 bits per heavy atom. The first-order valence-corrected chi connectivity index (χ1v) is 3.96. The molecule has 0 spiro atoms. The maximum Gasteiger partial charge on any atom is 0.416 e. The summed E-state index contributed by atoms with van der Waals surface area (Å²) >= 11 is 0. The van der Waals surface area contributed by atoms with E-state index in [9.17, 15) is 22.4 Å². The van der Waals surface area contributed by atoms with Gasteiger partial charge in [0.15, 0.2) is 5.78 Å². The number of hydrogen-bond acceptors (Lipinski definition) is 2. The van der Waals surface area contributed by atoms with E-state index in [1.54, 1.807) is 0 Å². The molecule has 0 fully saturated rings. The molecule has 2 nitrogen and oxygen atoms in total. The molecule has 1 aromatic carbocycles. The molecule has 0 unspecified atom stereocenters. The summed E-state index contributed by atoms with van der Waals surface area (Å²) in [5.74, 6) is -1.94. The first-order valence-electron chi connectivity index (χ1n) is 3.96. The Hall–Kier alpha value is -1.14. The minimum Gasteiger partial charge on any atom is -0.324 e. The van der Waals surface area contributed by atoms with E-state index in [0.29, 0.717) is 6.07 Å². The molecule has 0 aliphatic heterocycles. The van der Waals surface area contributed by atoms with Crippen LogP contribution in [0.2, 0.25) is 0 Å². The number of carbonyl (C=O) groups is 1. The van der Waals surface area contributed by atoms with Crippen molar-refractivity contribution in [1.82, 2.24) is 0 Å². The van der Waals surface area contributed by atoms with Crippen molar-refractivity contribution in [3.05, 3.63) is 35.1 Å². The molecule has 16 heavy (non-hydrogen) atoms. The standard InChI is InChI=1S/C9H7F4NO.ClH/c10-7-3-5(9(11,12)13)1-2-6(7)8(15)4-14;/h1-3H,4,14H2;1H. The van der Waals surface area contributed by atoms with Gasteiger partial charge >= 0.3 is 6.18 Å². The van der Waals surface area contributed by atoms with Crippen molar-refractivity contribution in [2.45, 2.75) is 6.18 Å². The number of benzene rings is 1. The van der Waals surface area contributed by atoms with Crippen LogP contribution in [0.5, 0.6) is 0 Å². The Morgan fingerprint density at radius 2 is 1.88 bits per heavy atom. The summed E-state index contributed by atoms with van der Waals surface area (Å²) in [4.78, 5) is 10.9. The Balaban J connectivity index is 0.00000225. The van der Waals surface area contributed by atoms with E-state index in [2.05, 4.69) is 0 Å². The molecule has 7 heteroatoms. The normalized spacial score (nSPS) is 10.8. The summed E-state index contributed by atoms with van der Waals surface area (Å²) in [6.07, 6.45) is -4.62. The predicted molar refractivity (Wildman–Crippen MR) is 52.0 cm³/mol. The molecule has 0 heterocycles. The second-order valence-electron chi connectivity index (χ2n) is 2.82. The zero-order valence-corrected chi connectivity index (χ0v) is 8.66. The van der Waals surface area contributed by atoms with Gasteiger partial charge in [-0.2, -0.15) is 13.2 Å². The van der Waals surface area contributed by atoms with Crippen molar-refractivity contribution in [1.29, 1.82) is 0 Å². The zero-order valence-electron chi connectivity index (χ0n) is 7.84. The van der Waals surface area contributed by atoms with Gasteiger partial charge in [-0.25, -0.2) is 4.39 Å². The Morgan fingerprint density at radius 3 is 2.25 bits per heavy atom. The average molecular weight is 258 g/mol. The Labute approximate surface area is 94.8 Å². The van der Waals surface area contributed by atoms with Gasteiger partial charge in [0.2, 0.25) is 0 Å². The molecule has 0 atom stereocenters. The largest absolute Gasteiger partial charge is 0.416 e. The van der Waals surface area contributed by atoms with Crippen LogP contribution in [0.4, 0.5) is 17.6 Å². The van der Waals surface area contributed by atoms with Gasteiger partial charge in [0.1, 0.15) is 5.82 Å². The smallest absolute Gasteiger partial charge is 0.324 e. The average Bonchev–Trinajstić information content (AvgIpc) is 2.15. The third-order valence-electron chi connectivity index (χ3n) is 1.78. The summed E-state index contributed by atoms with van der Waals surface area (Å²) in [7, 11) is 0. The predicted octanol–water partition coefficient (Wildman–Crippen LogP) is 2.41. The van der Waals surface area contributed by atoms with Crippen LogP contribution in [0.15, 0.2) is 18.2 Å². The molecule has 0 aromatic heterocycles. The number of rotatable bonds is 2. The maximum absolute atomic E-state index is 13.0. The Bertz CT molecular complexity index is 392. The van der Waals surface area contributed by atoms with E-state index < -0.39 is 35.4 Å². The third-order valence-corrected chi connectivity index (χ3v) is 1.78. The van der Waals surface area contributed by atoms with Crippen molar-refractivity contribution in [3.63, 3.8) is 0 Å². The van der Waals surface area contributed by atoms with E-state index in [1.165, 1.54) is 0 Å². The molecule has 0 saturated carbocycles. The molecule has 0 radical (unpaired) electrons. The molecule has 0 aliphatic carbocycles. The lowest BCUT2D eigenvalue weighted by molar-refractivity contribution is -0.137. The van der Waals surface area contributed by atoms with Gasteiger partial charge in [-0.15, -0.1) is 12.4 Å². The van der Waals surface area contributed by atoms with Crippen molar-refractivity contribution in [2.75, 3.05) is 6.54 Å². The number of nitrogens with two attached hydrogens (primary N) is 1. The number of halogens is 5. The highest BCUT2D eigenvalue weighted by molar-refractivity contribution is 5.97. The second-order valence-corrected chi connectivity index (χ2v) is 2.82. The topological polar surface area (TPSA) is 43.1 Å². The van der Waals surface area contributed by atoms with E-state index in [4.69, 9.17) is 5.73 Å². The summed E-state index contributed by atoms with van der Waals surface area (Å²) < 4.78 is 49.4. The minimum absolute atomic E-state index is 0. The molecule has 0 amide bonds. The molecule has 0 saturated heterocycles. The molecule has 0 aliphatic rings. The van der Waals surface area contributed by atoms with Gasteiger partial charge in [-0.05, 0) is 18.2 Å². The fourth-order valence-corrected chi connectivity index (χ4v) is 1.03. The molecule has 90 valence electrons. The first-order chi connectivity index (χ1) is 6.86. The van der Waals surface area contributed by atoms with Crippen molar-refractivity contribution >= 4 is 18.2 Å². The third kappa shape index (κ3) is 3.18. The molecule has 0 bridgehead atoms. The molecule has 1 aromatic rings. The van der Waals surface area contributed by atoms with E-state index in [1.807, 2.05) is 0 Å². The molecular weight excluding hydrogens is 250 g/mol. The SMILES string of the molecule is Cl.NCC(=O)c1ccc(C(F)(F)F)cc1F. The number of carbonyl (C=O) groups excluding carboxylic acids is 1. The second kappa shape index (κ2) is 5.27. The van der Waals surface area contributed by atoms with Gasteiger partial charge in [0.05, 0.1) is 17.7 Å². The fraction of sp³-hybridized carbons (Fsp3) is 0.222. The van der Waals surface area contributed by atoms with Crippen LogP contribution in [0, 0.1) is 5.82 Å². The first kappa shape index (κ1) is 14.9. The van der Waals surface area contributed by atoms with Crippen molar-refractivity contribution in [3.8, 4) is 0 Å². The number of alkyl halides is 3. The zero-order chi connectivity index (χ0) is 11.6. The van der Waals surface area contributed by atoms with E-state index in [0.717, 1.165) is 6.07 Å². The van der Waals surface area contributed by atoms with Crippen LogP contribution >= 0.6 is 12.4 Å². The van der Waals surface area contributed by atoms with Gasteiger partial charge in [-0.1, -0.05) is 0 Å². The monoisotopic (exact) mass is 257 g/mol.